The summed E-state index contributed by atoms with van der Waals surface area (Å²) in [6, 6.07) is 46.5. The van der Waals surface area contributed by atoms with Gasteiger partial charge in [0.1, 0.15) is 10.0 Å². The van der Waals surface area contributed by atoms with Gasteiger partial charge in [0.05, 0.1) is 31.8 Å². The molecule has 8 aromatic rings. The van der Waals surface area contributed by atoms with Gasteiger partial charge in [0.2, 0.25) is 6.08 Å². The number of para-hydroxylation sites is 4. The molecule has 0 saturated carbocycles. The second-order valence-corrected chi connectivity index (χ2v) is 13.7. The molecule has 0 atom stereocenters. The number of aryl methyl sites for hydroxylation is 2. The van der Waals surface area contributed by atoms with Crippen molar-refractivity contribution in [1.29, 1.82) is 0 Å². The Morgan fingerprint density at radius 1 is 0.615 bits per heavy atom. The fourth-order valence-corrected chi connectivity index (χ4v) is 7.06. The lowest BCUT2D eigenvalue weighted by Crippen LogP contribution is -2.19. The molecule has 0 aliphatic heterocycles. The predicted molar refractivity (Wildman–Crippen MR) is 217 cm³/mol. The van der Waals surface area contributed by atoms with Crippen LogP contribution in [0.1, 0.15) is 11.1 Å². The Balaban J connectivity index is 0.000000151. The number of nitrogens with zero attached hydrogens (tertiary/aromatic N) is 3. The molecule has 0 aliphatic carbocycles. The summed E-state index contributed by atoms with van der Waals surface area (Å²) in [6.45, 7) is 3.99. The molecule has 6 aromatic carbocycles. The van der Waals surface area contributed by atoms with Crippen LogP contribution >= 0.6 is 22.7 Å². The molecule has 0 bridgehead atoms. The molecule has 8 nitrogen and oxygen atoms in total. The van der Waals surface area contributed by atoms with E-state index in [0.29, 0.717) is 5.69 Å². The van der Waals surface area contributed by atoms with Crippen molar-refractivity contribution < 1.29 is 9.59 Å². The Kier molecular flexibility index (Phi) is 11.5. The molecule has 10 heteroatoms. The van der Waals surface area contributed by atoms with E-state index in [9.17, 15) is 9.59 Å². The minimum Gasteiger partial charge on any atom is -0.398 e. The van der Waals surface area contributed by atoms with Gasteiger partial charge in [-0.05, 0) is 86.6 Å². The summed E-state index contributed by atoms with van der Waals surface area (Å²) in [5, 5.41) is 7.66. The third kappa shape index (κ3) is 9.21. The van der Waals surface area contributed by atoms with Crippen molar-refractivity contribution in [1.82, 2.24) is 9.97 Å². The van der Waals surface area contributed by atoms with Crippen molar-refractivity contribution in [3.05, 3.63) is 157 Å². The molecule has 2 amide bonds. The highest BCUT2D eigenvalue weighted by Gasteiger charge is 2.12. The van der Waals surface area contributed by atoms with Crippen LogP contribution in [0.5, 0.6) is 0 Å². The van der Waals surface area contributed by atoms with Gasteiger partial charge in [-0.2, -0.15) is 4.99 Å². The van der Waals surface area contributed by atoms with Crippen molar-refractivity contribution in [3.8, 4) is 21.1 Å². The summed E-state index contributed by atoms with van der Waals surface area (Å²) in [4.78, 5) is 34.9. The SMILES string of the molecule is Cc1ccc(N=C=O)cc1.Cc1ccc(NC(=O)Nc2ccccc2-c2nc3ccccc3s2)cc1.Nc1ccccc1-c1nc2ccccc2s1. The van der Waals surface area contributed by atoms with Crippen molar-refractivity contribution >= 4 is 78.0 Å². The first-order chi connectivity index (χ1) is 25.4. The maximum atomic E-state index is 12.4. The van der Waals surface area contributed by atoms with Crippen LogP contribution in [-0.4, -0.2) is 22.1 Å². The maximum Gasteiger partial charge on any atom is 0.323 e. The van der Waals surface area contributed by atoms with Gasteiger partial charge in [0.15, 0.2) is 0 Å². The van der Waals surface area contributed by atoms with E-state index in [0.717, 1.165) is 65.1 Å². The standard InChI is InChI=1S/C21H17N3OS.C13H10N2S.C8H7NO/c1-14-10-12-15(13-11-14)22-21(25)24-17-7-3-2-6-16(17)20-23-18-8-4-5-9-19(18)26-20;14-10-6-2-1-5-9(10)13-15-11-7-3-4-8-12(11)16-13;1-7-2-4-8(5-3-7)9-6-10/h2-13H,1H3,(H2,22,24,25);1-8H,14H2;2-5H,1H3. The Morgan fingerprint density at radius 3 is 1.69 bits per heavy atom. The van der Waals surface area contributed by atoms with Gasteiger partial charge in [0, 0.05) is 22.5 Å². The largest absolute Gasteiger partial charge is 0.398 e. The van der Waals surface area contributed by atoms with Gasteiger partial charge >= 0.3 is 6.03 Å². The molecule has 0 fully saturated rings. The maximum absolute atomic E-state index is 12.4. The lowest BCUT2D eigenvalue weighted by Gasteiger charge is -2.10. The Morgan fingerprint density at radius 2 is 1.12 bits per heavy atom. The van der Waals surface area contributed by atoms with Gasteiger partial charge in [-0.1, -0.05) is 83.9 Å². The van der Waals surface area contributed by atoms with E-state index in [1.165, 1.54) is 10.8 Å². The highest BCUT2D eigenvalue weighted by molar-refractivity contribution is 7.22. The number of isocyanates is 1. The number of thiazole rings is 2. The fraction of sp³-hybridized carbons (Fsp3) is 0.0476. The average molecular weight is 719 g/mol. The van der Waals surface area contributed by atoms with Crippen LogP contribution in [0.2, 0.25) is 0 Å². The van der Waals surface area contributed by atoms with E-state index in [2.05, 4.69) is 32.7 Å². The molecule has 0 aliphatic rings. The number of carbonyl (C=O) groups excluding carboxylic acids is 2. The number of nitrogen functional groups attached to an aromatic ring is 1. The second-order valence-electron chi connectivity index (χ2n) is 11.6. The van der Waals surface area contributed by atoms with Crippen molar-refractivity contribution in [2.75, 3.05) is 16.4 Å². The zero-order valence-electron chi connectivity index (χ0n) is 28.4. The van der Waals surface area contributed by atoms with E-state index in [4.69, 9.17) is 10.7 Å². The molecule has 8 rings (SSSR count). The molecular weight excluding hydrogens is 685 g/mol. The van der Waals surface area contributed by atoms with Crippen LogP contribution in [0.4, 0.5) is 27.5 Å². The number of aliphatic imine (C=N–C) groups is 1. The van der Waals surface area contributed by atoms with Gasteiger partial charge in [0.25, 0.3) is 0 Å². The summed E-state index contributed by atoms with van der Waals surface area (Å²) >= 11 is 3.29. The Labute approximate surface area is 309 Å². The summed E-state index contributed by atoms with van der Waals surface area (Å²) in [7, 11) is 0. The van der Waals surface area contributed by atoms with Gasteiger partial charge in [-0.25, -0.2) is 19.6 Å². The van der Waals surface area contributed by atoms with Crippen LogP contribution in [-0.2, 0) is 4.79 Å². The molecule has 0 radical (unpaired) electrons. The molecule has 52 heavy (non-hydrogen) atoms. The number of aromatic nitrogens is 2. The number of nitrogens with one attached hydrogen (secondary N) is 2. The topological polar surface area (TPSA) is 122 Å². The number of hydrogen-bond acceptors (Lipinski definition) is 8. The average Bonchev–Trinajstić information content (AvgIpc) is 3.80. The number of amides is 2. The van der Waals surface area contributed by atoms with Gasteiger partial charge in [-0.3, -0.25) is 0 Å². The van der Waals surface area contributed by atoms with Gasteiger partial charge < -0.3 is 16.4 Å². The number of fused-ring (bicyclic) bond motifs is 2. The predicted octanol–water partition coefficient (Wildman–Crippen LogP) is 11.4. The van der Waals surface area contributed by atoms with Crippen molar-refractivity contribution in [2.45, 2.75) is 13.8 Å². The zero-order chi connectivity index (χ0) is 36.3. The molecule has 0 unspecified atom stereocenters. The molecule has 4 N–H and O–H groups in total. The number of hydrogen-bond donors (Lipinski definition) is 3. The molecule has 0 spiro atoms. The van der Waals surface area contributed by atoms with Crippen molar-refractivity contribution in [3.63, 3.8) is 0 Å². The summed E-state index contributed by atoms with van der Waals surface area (Å²) in [5.41, 5.74) is 15.1. The minimum atomic E-state index is -0.276. The third-order valence-electron chi connectivity index (χ3n) is 7.70. The fourth-order valence-electron chi connectivity index (χ4n) is 5.04. The van der Waals surface area contributed by atoms with Crippen LogP contribution < -0.4 is 16.4 Å². The molecule has 256 valence electrons. The minimum absolute atomic E-state index is 0.276. The molecule has 2 aromatic heterocycles. The molecular formula is C42H34N6O2S2. The summed E-state index contributed by atoms with van der Waals surface area (Å²) in [5.74, 6) is 0. The first kappa shape index (κ1) is 35.4. The normalized spacial score (nSPS) is 10.3. The number of urea groups is 1. The highest BCUT2D eigenvalue weighted by atomic mass is 32.1. The second kappa shape index (κ2) is 17.0. The van der Waals surface area contributed by atoms with Crippen molar-refractivity contribution in [2.24, 2.45) is 4.99 Å². The van der Waals surface area contributed by atoms with E-state index >= 15 is 0 Å². The molecule has 0 saturated heterocycles. The lowest BCUT2D eigenvalue weighted by molar-refractivity contribution is 0.262. The van der Waals surface area contributed by atoms with Crippen LogP contribution in [0.15, 0.2) is 151 Å². The number of benzene rings is 6. The number of rotatable bonds is 5. The van der Waals surface area contributed by atoms with E-state index in [-0.39, 0.29) is 6.03 Å². The van der Waals surface area contributed by atoms with E-state index in [1.807, 2.05) is 135 Å². The smallest absolute Gasteiger partial charge is 0.323 e. The Hall–Kier alpha value is -6.45. The Bertz CT molecular complexity index is 2420. The van der Waals surface area contributed by atoms with E-state index in [1.54, 1.807) is 34.8 Å². The number of carbonyl (C=O) groups is 1. The molecule has 2 heterocycles. The zero-order valence-corrected chi connectivity index (χ0v) is 30.0. The highest BCUT2D eigenvalue weighted by Crippen LogP contribution is 2.35. The number of anilines is 3. The number of nitrogens with two attached hydrogens (primary N) is 1. The lowest BCUT2D eigenvalue weighted by atomic mass is 10.2. The summed E-state index contributed by atoms with van der Waals surface area (Å²) < 4.78 is 2.32. The van der Waals surface area contributed by atoms with Crippen LogP contribution in [0.25, 0.3) is 41.6 Å². The summed E-state index contributed by atoms with van der Waals surface area (Å²) in [6.07, 6.45) is 1.48. The monoisotopic (exact) mass is 718 g/mol. The van der Waals surface area contributed by atoms with Crippen LogP contribution in [0, 0.1) is 13.8 Å². The van der Waals surface area contributed by atoms with Crippen LogP contribution in [0.3, 0.4) is 0 Å². The quantitative estimate of drug-likeness (QED) is 0.0928. The first-order valence-electron chi connectivity index (χ1n) is 16.3. The first-order valence-corrected chi connectivity index (χ1v) is 17.9. The third-order valence-corrected chi connectivity index (χ3v) is 9.84. The van der Waals surface area contributed by atoms with E-state index < -0.39 is 0 Å². The van der Waals surface area contributed by atoms with Gasteiger partial charge in [-0.15, -0.1) is 22.7 Å².